The zero-order valence-electron chi connectivity index (χ0n) is 17.9. The van der Waals surface area contributed by atoms with Gasteiger partial charge in [0.05, 0.1) is 0 Å². The van der Waals surface area contributed by atoms with E-state index in [0.29, 0.717) is 11.8 Å². The second-order valence-electron chi connectivity index (χ2n) is 7.07. The molecule has 1 aromatic carbocycles. The van der Waals surface area contributed by atoms with Crippen molar-refractivity contribution in [3.8, 4) is 0 Å². The number of hydrogen-bond acceptors (Lipinski definition) is 11. The molecule has 1 aliphatic rings. The summed E-state index contributed by atoms with van der Waals surface area (Å²) in [6.45, 7) is 3.88. The fraction of sp³-hybridized carbons (Fsp3) is 0.476. The van der Waals surface area contributed by atoms with Gasteiger partial charge in [0.15, 0.2) is 12.2 Å². The summed E-state index contributed by atoms with van der Waals surface area (Å²) >= 11 is 0. The van der Waals surface area contributed by atoms with Gasteiger partial charge in [0.1, 0.15) is 19.0 Å². The number of aldehydes is 1. The van der Waals surface area contributed by atoms with E-state index in [1.165, 1.54) is 24.3 Å². The summed E-state index contributed by atoms with van der Waals surface area (Å²) < 4.78 is 26.5. The molecule has 1 aliphatic heterocycles. The molecule has 1 heterocycles. The van der Waals surface area contributed by atoms with Crippen molar-refractivity contribution in [1.82, 2.24) is 0 Å². The fourth-order valence-corrected chi connectivity index (χ4v) is 3.31. The van der Waals surface area contributed by atoms with Crippen LogP contribution in [-0.2, 0) is 48.6 Å². The second-order valence-corrected chi connectivity index (χ2v) is 7.07. The molecule has 0 unspecified atom stereocenters. The molecular formula is C21H24O11. The normalized spacial score (nSPS) is 27.0. The average molecular weight is 452 g/mol. The largest absolute Gasteiger partial charge is 0.463 e. The van der Waals surface area contributed by atoms with Gasteiger partial charge in [-0.15, -0.1) is 0 Å². The summed E-state index contributed by atoms with van der Waals surface area (Å²) in [4.78, 5) is 57.7. The van der Waals surface area contributed by atoms with E-state index >= 15 is 0 Å². The molecule has 0 amide bonds. The maximum absolute atomic E-state index is 11.8. The predicted octanol–water partition coefficient (Wildman–Crippen LogP) is 0.401. The Morgan fingerprint density at radius 2 is 1.44 bits per heavy atom. The maximum Gasteiger partial charge on any atom is 0.303 e. The van der Waals surface area contributed by atoms with Crippen LogP contribution in [0.1, 0.15) is 43.6 Å². The minimum atomic E-state index is -2.42. The average Bonchev–Trinajstić information content (AvgIpc) is 2.70. The van der Waals surface area contributed by atoms with E-state index in [0.717, 1.165) is 27.7 Å². The van der Waals surface area contributed by atoms with Crippen LogP contribution < -0.4 is 0 Å². The molecular weight excluding hydrogens is 428 g/mol. The van der Waals surface area contributed by atoms with Crippen molar-refractivity contribution < 1.29 is 52.8 Å². The Morgan fingerprint density at radius 1 is 0.906 bits per heavy atom. The van der Waals surface area contributed by atoms with Gasteiger partial charge in [-0.2, -0.15) is 0 Å². The van der Waals surface area contributed by atoms with Gasteiger partial charge in [-0.3, -0.25) is 24.0 Å². The van der Waals surface area contributed by atoms with Gasteiger partial charge in [-0.25, -0.2) is 0 Å². The lowest BCUT2D eigenvalue weighted by molar-refractivity contribution is -0.360. The molecule has 0 saturated carbocycles. The first-order valence-electron chi connectivity index (χ1n) is 9.58. The van der Waals surface area contributed by atoms with Gasteiger partial charge >= 0.3 is 23.9 Å². The molecule has 0 aliphatic carbocycles. The third kappa shape index (κ3) is 5.89. The number of hydrogen-bond donors (Lipinski definition) is 1. The van der Waals surface area contributed by atoms with Crippen molar-refractivity contribution in [2.75, 3.05) is 6.61 Å². The van der Waals surface area contributed by atoms with Crippen LogP contribution in [0.4, 0.5) is 0 Å². The van der Waals surface area contributed by atoms with Crippen molar-refractivity contribution in [3.05, 3.63) is 35.4 Å². The van der Waals surface area contributed by atoms with Crippen LogP contribution in [0.3, 0.4) is 0 Å². The van der Waals surface area contributed by atoms with Crippen LogP contribution in [0.15, 0.2) is 24.3 Å². The van der Waals surface area contributed by atoms with E-state index in [2.05, 4.69) is 0 Å². The molecule has 1 saturated heterocycles. The van der Waals surface area contributed by atoms with Crippen LogP contribution in [0.5, 0.6) is 0 Å². The number of ether oxygens (including phenoxy) is 5. The molecule has 2 rings (SSSR count). The summed E-state index contributed by atoms with van der Waals surface area (Å²) in [5.74, 6) is -5.56. The summed E-state index contributed by atoms with van der Waals surface area (Å²) in [6.07, 6.45) is -5.32. The van der Waals surface area contributed by atoms with Crippen LogP contribution in [0, 0.1) is 0 Å². The molecule has 1 aromatic rings. The highest BCUT2D eigenvalue weighted by Gasteiger charge is 2.60. The van der Waals surface area contributed by atoms with E-state index in [4.69, 9.17) is 23.7 Å². The lowest BCUT2D eigenvalue weighted by Crippen LogP contribution is -2.66. The molecule has 1 fully saturated rings. The van der Waals surface area contributed by atoms with Crippen molar-refractivity contribution >= 4 is 30.2 Å². The Labute approximate surface area is 183 Å². The molecule has 32 heavy (non-hydrogen) atoms. The smallest absolute Gasteiger partial charge is 0.303 e. The van der Waals surface area contributed by atoms with Gasteiger partial charge in [0, 0.05) is 38.8 Å². The van der Waals surface area contributed by atoms with Crippen LogP contribution in [-0.4, -0.2) is 66.3 Å². The zero-order valence-corrected chi connectivity index (χ0v) is 17.9. The van der Waals surface area contributed by atoms with Gasteiger partial charge in [-0.1, -0.05) is 24.3 Å². The molecule has 0 bridgehead atoms. The minimum absolute atomic E-state index is 0.0422. The van der Waals surface area contributed by atoms with Crippen molar-refractivity contribution in [3.63, 3.8) is 0 Å². The number of carbonyl (C=O) groups is 5. The summed E-state index contributed by atoms with van der Waals surface area (Å²) in [6, 6.07) is 5.46. The standard InChI is InChI=1S/C21H24O11/c1-11(23)28-10-17-18(29-12(2)24)19(30-13(3)25)20(31-14(4)26)21(27,32-17)16-7-5-15(9-22)6-8-16/h5-9,17-20,27H,10H2,1-4H3/t17-,18-,19+,20-,21-/m1/s1. The first-order chi connectivity index (χ1) is 15.0. The van der Waals surface area contributed by atoms with Crippen LogP contribution in [0.25, 0.3) is 0 Å². The molecule has 0 spiro atoms. The number of esters is 4. The van der Waals surface area contributed by atoms with Gasteiger partial charge in [-0.05, 0) is 0 Å². The van der Waals surface area contributed by atoms with E-state index < -0.39 is 60.7 Å². The highest BCUT2D eigenvalue weighted by atomic mass is 16.7. The summed E-state index contributed by atoms with van der Waals surface area (Å²) in [5, 5.41) is 11.5. The number of rotatable bonds is 7. The van der Waals surface area contributed by atoms with E-state index in [-0.39, 0.29) is 5.56 Å². The molecule has 174 valence electrons. The molecule has 1 N–H and O–H groups in total. The van der Waals surface area contributed by atoms with Crippen molar-refractivity contribution in [2.24, 2.45) is 0 Å². The lowest BCUT2D eigenvalue weighted by atomic mass is 9.87. The third-order valence-corrected chi connectivity index (χ3v) is 4.51. The quantitative estimate of drug-likeness (QED) is 0.348. The number of aliphatic hydroxyl groups is 1. The van der Waals surface area contributed by atoms with Gasteiger partial charge in [0.25, 0.3) is 0 Å². The van der Waals surface area contributed by atoms with Crippen molar-refractivity contribution in [2.45, 2.75) is 57.9 Å². The van der Waals surface area contributed by atoms with Crippen molar-refractivity contribution in [1.29, 1.82) is 0 Å². The molecule has 5 atom stereocenters. The van der Waals surface area contributed by atoms with E-state index in [1.54, 1.807) is 0 Å². The first-order valence-corrected chi connectivity index (χ1v) is 9.58. The molecule has 11 heteroatoms. The highest BCUT2D eigenvalue weighted by molar-refractivity contribution is 5.74. The number of carbonyl (C=O) groups excluding carboxylic acids is 5. The lowest BCUT2D eigenvalue weighted by Gasteiger charge is -2.48. The SMILES string of the molecule is CC(=O)OC[C@H]1O[C@](O)(c2ccc(C=O)cc2)[C@H](OC(C)=O)[C@@H](OC(C)=O)[C@@H]1OC(C)=O. The fourth-order valence-electron chi connectivity index (χ4n) is 3.31. The molecule has 11 nitrogen and oxygen atoms in total. The summed E-state index contributed by atoms with van der Waals surface area (Å²) in [7, 11) is 0. The van der Waals surface area contributed by atoms with Gasteiger partial charge in [0.2, 0.25) is 11.9 Å². The highest BCUT2D eigenvalue weighted by Crippen LogP contribution is 2.40. The Kier molecular flexibility index (Phi) is 8.06. The van der Waals surface area contributed by atoms with Gasteiger partial charge < -0.3 is 28.8 Å². The van der Waals surface area contributed by atoms with E-state index in [9.17, 15) is 29.1 Å². The topological polar surface area (TPSA) is 152 Å². The molecule has 0 aromatic heterocycles. The zero-order chi connectivity index (χ0) is 24.1. The molecule has 0 radical (unpaired) electrons. The Bertz CT molecular complexity index is 878. The maximum atomic E-state index is 11.8. The third-order valence-electron chi connectivity index (χ3n) is 4.51. The van der Waals surface area contributed by atoms with E-state index in [1.807, 2.05) is 0 Å². The Morgan fingerprint density at radius 3 is 1.91 bits per heavy atom. The Balaban J connectivity index is 2.63. The monoisotopic (exact) mass is 452 g/mol. The number of benzene rings is 1. The van der Waals surface area contributed by atoms with Crippen LogP contribution in [0.2, 0.25) is 0 Å². The predicted molar refractivity (Wildman–Crippen MR) is 104 cm³/mol. The Hall–Kier alpha value is -3.31. The minimum Gasteiger partial charge on any atom is -0.463 e. The van der Waals surface area contributed by atoms with Crippen LogP contribution >= 0.6 is 0 Å². The first kappa shape index (κ1) is 25.0. The second kappa shape index (κ2) is 10.3. The summed E-state index contributed by atoms with van der Waals surface area (Å²) in [5.41, 5.74) is 0.337.